The summed E-state index contributed by atoms with van der Waals surface area (Å²) in [6, 6.07) is 6.43. The number of carbonyl (C=O) groups excluding carboxylic acids is 1. The molecule has 0 radical (unpaired) electrons. The van der Waals surface area contributed by atoms with Crippen LogP contribution in [0.1, 0.15) is 28.9 Å². The number of pyridine rings is 1. The standard InChI is InChI=1S/C16H10ClFN2O4/c17-11-6-9(18)1-2-10(11)12-5-8(7-19)16(24)15(20-12)13(21)3-4-14(22)23/h1-2,5-6,24H,3-4H2,(H,22,23). The Balaban J connectivity index is 2.55. The summed E-state index contributed by atoms with van der Waals surface area (Å²) in [6.45, 7) is 0. The predicted octanol–water partition coefficient (Wildman–Crippen LogP) is 3.17. The molecule has 0 spiro atoms. The van der Waals surface area contributed by atoms with E-state index in [4.69, 9.17) is 22.0 Å². The van der Waals surface area contributed by atoms with Crippen LogP contribution < -0.4 is 0 Å². The van der Waals surface area contributed by atoms with Gasteiger partial charge in [0.1, 0.15) is 17.6 Å². The first-order valence-electron chi connectivity index (χ1n) is 6.68. The number of carbonyl (C=O) groups is 2. The van der Waals surface area contributed by atoms with Crippen molar-refractivity contribution in [3.05, 3.63) is 46.4 Å². The minimum absolute atomic E-state index is 0.0148. The normalized spacial score (nSPS) is 10.2. The summed E-state index contributed by atoms with van der Waals surface area (Å²) >= 11 is 5.95. The lowest BCUT2D eigenvalue weighted by molar-refractivity contribution is -0.136. The van der Waals surface area contributed by atoms with Crippen molar-refractivity contribution in [2.24, 2.45) is 0 Å². The van der Waals surface area contributed by atoms with E-state index in [1.807, 2.05) is 0 Å². The van der Waals surface area contributed by atoms with Crippen molar-refractivity contribution in [3.8, 4) is 23.1 Å². The summed E-state index contributed by atoms with van der Waals surface area (Å²) in [6.07, 6.45) is -0.829. The number of aromatic hydroxyl groups is 1. The fourth-order valence-corrected chi connectivity index (χ4v) is 2.26. The van der Waals surface area contributed by atoms with Gasteiger partial charge in [0, 0.05) is 12.0 Å². The van der Waals surface area contributed by atoms with Gasteiger partial charge in [0.2, 0.25) is 0 Å². The van der Waals surface area contributed by atoms with Crippen molar-refractivity contribution in [3.63, 3.8) is 0 Å². The van der Waals surface area contributed by atoms with E-state index < -0.39 is 35.4 Å². The van der Waals surface area contributed by atoms with Crippen LogP contribution in [0.3, 0.4) is 0 Å². The molecule has 6 nitrogen and oxygen atoms in total. The molecule has 0 saturated carbocycles. The number of aliphatic carboxylic acids is 1. The average molecular weight is 349 g/mol. The molecule has 0 fully saturated rings. The van der Waals surface area contributed by atoms with Crippen molar-refractivity contribution < 1.29 is 24.2 Å². The summed E-state index contributed by atoms with van der Waals surface area (Å²) in [5, 5.41) is 27.7. The number of Topliss-reactive ketones (excluding diaryl/α,β-unsaturated/α-hetero) is 1. The van der Waals surface area contributed by atoms with Crippen LogP contribution in [0.2, 0.25) is 5.02 Å². The number of carboxylic acid groups (broad SMARTS) is 1. The fourth-order valence-electron chi connectivity index (χ4n) is 1.99. The van der Waals surface area contributed by atoms with E-state index in [2.05, 4.69) is 4.98 Å². The van der Waals surface area contributed by atoms with Crippen molar-refractivity contribution in [2.75, 3.05) is 0 Å². The van der Waals surface area contributed by atoms with Crippen LogP contribution >= 0.6 is 11.6 Å². The lowest BCUT2D eigenvalue weighted by Gasteiger charge is -2.09. The lowest BCUT2D eigenvalue weighted by atomic mass is 10.0. The second-order valence-corrected chi connectivity index (χ2v) is 5.21. The SMILES string of the molecule is N#Cc1cc(-c2ccc(F)cc2Cl)nc(C(=O)CCC(=O)O)c1O. The molecule has 0 atom stereocenters. The minimum Gasteiger partial charge on any atom is -0.504 e. The molecule has 0 unspecified atom stereocenters. The van der Waals surface area contributed by atoms with E-state index in [0.29, 0.717) is 0 Å². The molecule has 2 N–H and O–H groups in total. The third-order valence-corrected chi connectivity index (χ3v) is 3.46. The molecule has 122 valence electrons. The topological polar surface area (TPSA) is 111 Å². The molecule has 0 bridgehead atoms. The highest BCUT2D eigenvalue weighted by Crippen LogP contribution is 2.32. The molecule has 0 aliphatic heterocycles. The van der Waals surface area contributed by atoms with Gasteiger partial charge >= 0.3 is 5.97 Å². The molecule has 1 aromatic heterocycles. The van der Waals surface area contributed by atoms with Crippen molar-refractivity contribution >= 4 is 23.4 Å². The molecule has 8 heteroatoms. The number of ketones is 1. The second kappa shape index (κ2) is 7.06. The molecule has 24 heavy (non-hydrogen) atoms. The first-order chi connectivity index (χ1) is 11.3. The number of rotatable bonds is 5. The largest absolute Gasteiger partial charge is 0.504 e. The van der Waals surface area contributed by atoms with Gasteiger partial charge in [-0.3, -0.25) is 9.59 Å². The Kier molecular flexibility index (Phi) is 5.11. The van der Waals surface area contributed by atoms with E-state index in [9.17, 15) is 19.1 Å². The Hall–Kier alpha value is -2.98. The van der Waals surface area contributed by atoms with Gasteiger partial charge < -0.3 is 10.2 Å². The number of benzene rings is 1. The van der Waals surface area contributed by atoms with Crippen LogP contribution in [-0.2, 0) is 4.79 Å². The number of hydrogen-bond acceptors (Lipinski definition) is 5. The number of halogens is 2. The number of nitrogens with zero attached hydrogens (tertiary/aromatic N) is 2. The maximum atomic E-state index is 13.1. The smallest absolute Gasteiger partial charge is 0.303 e. The molecule has 1 heterocycles. The molecule has 0 aliphatic carbocycles. The van der Waals surface area contributed by atoms with Crippen LogP contribution in [-0.4, -0.2) is 26.9 Å². The Labute approximate surface area is 140 Å². The van der Waals surface area contributed by atoms with Gasteiger partial charge in [0.25, 0.3) is 0 Å². The van der Waals surface area contributed by atoms with Gasteiger partial charge in [-0.25, -0.2) is 9.37 Å². The quantitative estimate of drug-likeness (QED) is 0.803. The molecule has 2 rings (SSSR count). The van der Waals surface area contributed by atoms with E-state index in [0.717, 1.165) is 12.1 Å². The second-order valence-electron chi connectivity index (χ2n) is 4.81. The van der Waals surface area contributed by atoms with Gasteiger partial charge in [-0.15, -0.1) is 0 Å². The number of carboxylic acids is 1. The van der Waals surface area contributed by atoms with E-state index in [1.54, 1.807) is 6.07 Å². The van der Waals surface area contributed by atoms with Crippen LogP contribution in [0.5, 0.6) is 5.75 Å². The zero-order valence-corrected chi connectivity index (χ0v) is 12.8. The zero-order valence-electron chi connectivity index (χ0n) is 12.1. The molecular formula is C16H10ClFN2O4. The number of aromatic nitrogens is 1. The van der Waals surface area contributed by atoms with Crippen LogP contribution in [0.15, 0.2) is 24.3 Å². The number of nitriles is 1. The third-order valence-electron chi connectivity index (χ3n) is 3.15. The molecule has 0 aliphatic rings. The zero-order chi connectivity index (χ0) is 17.9. The van der Waals surface area contributed by atoms with E-state index in [-0.39, 0.29) is 28.3 Å². The first-order valence-corrected chi connectivity index (χ1v) is 7.05. The van der Waals surface area contributed by atoms with E-state index in [1.165, 1.54) is 12.1 Å². The number of hydrogen-bond donors (Lipinski definition) is 2. The summed E-state index contributed by atoms with van der Waals surface area (Å²) in [5.74, 6) is -3.11. The maximum Gasteiger partial charge on any atom is 0.303 e. The summed E-state index contributed by atoms with van der Waals surface area (Å²) < 4.78 is 13.1. The molecule has 1 aromatic carbocycles. The first kappa shape index (κ1) is 17.4. The third kappa shape index (κ3) is 3.67. The maximum absolute atomic E-state index is 13.1. The fraction of sp³-hybridized carbons (Fsp3) is 0.125. The summed E-state index contributed by atoms with van der Waals surface area (Å²) in [5.41, 5.74) is -0.292. The Morgan fingerprint density at radius 1 is 1.29 bits per heavy atom. The van der Waals surface area contributed by atoms with Crippen LogP contribution in [0.4, 0.5) is 4.39 Å². The highest BCUT2D eigenvalue weighted by molar-refractivity contribution is 6.33. The lowest BCUT2D eigenvalue weighted by Crippen LogP contribution is -2.08. The Bertz CT molecular complexity index is 877. The molecular weight excluding hydrogens is 339 g/mol. The van der Waals surface area contributed by atoms with Crippen LogP contribution in [0.25, 0.3) is 11.3 Å². The van der Waals surface area contributed by atoms with Gasteiger partial charge in [0.05, 0.1) is 22.7 Å². The minimum atomic E-state index is -1.18. The Morgan fingerprint density at radius 3 is 2.58 bits per heavy atom. The van der Waals surface area contributed by atoms with Gasteiger partial charge in [-0.05, 0) is 24.3 Å². The summed E-state index contributed by atoms with van der Waals surface area (Å²) in [7, 11) is 0. The highest BCUT2D eigenvalue weighted by atomic mass is 35.5. The van der Waals surface area contributed by atoms with Crippen molar-refractivity contribution in [1.29, 1.82) is 5.26 Å². The summed E-state index contributed by atoms with van der Waals surface area (Å²) in [4.78, 5) is 26.6. The monoisotopic (exact) mass is 348 g/mol. The van der Waals surface area contributed by atoms with Crippen LogP contribution in [0, 0.1) is 17.1 Å². The van der Waals surface area contributed by atoms with Gasteiger partial charge in [-0.1, -0.05) is 11.6 Å². The molecule has 0 amide bonds. The van der Waals surface area contributed by atoms with Gasteiger partial charge in [0.15, 0.2) is 11.5 Å². The Morgan fingerprint density at radius 2 is 2.00 bits per heavy atom. The average Bonchev–Trinajstić information content (AvgIpc) is 2.53. The highest BCUT2D eigenvalue weighted by Gasteiger charge is 2.20. The van der Waals surface area contributed by atoms with Gasteiger partial charge in [-0.2, -0.15) is 5.26 Å². The van der Waals surface area contributed by atoms with Crippen molar-refractivity contribution in [2.45, 2.75) is 12.8 Å². The van der Waals surface area contributed by atoms with Crippen molar-refractivity contribution in [1.82, 2.24) is 4.98 Å². The predicted molar refractivity (Wildman–Crippen MR) is 82.2 cm³/mol. The molecule has 2 aromatic rings. The molecule has 0 saturated heterocycles. The van der Waals surface area contributed by atoms with E-state index >= 15 is 0 Å².